The third-order valence-corrected chi connectivity index (χ3v) is 5.49. The summed E-state index contributed by atoms with van der Waals surface area (Å²) in [4.78, 5) is 14.5. The van der Waals surface area contributed by atoms with Crippen LogP contribution < -0.4 is 0 Å². The van der Waals surface area contributed by atoms with E-state index in [-0.39, 0.29) is 17.9 Å². The summed E-state index contributed by atoms with van der Waals surface area (Å²) in [5.41, 5.74) is 2.76. The Morgan fingerprint density at radius 1 is 1.20 bits per heavy atom. The lowest BCUT2D eigenvalue weighted by atomic mass is 9.87. The fraction of sp³-hybridized carbons (Fsp3) is 0.381. The van der Waals surface area contributed by atoms with Crippen molar-refractivity contribution in [3.05, 3.63) is 70.2 Å². The van der Waals surface area contributed by atoms with E-state index in [1.165, 1.54) is 0 Å². The molecule has 1 amide bonds. The zero-order valence-corrected chi connectivity index (χ0v) is 15.2. The molecular formula is C21H24ClNO2. The van der Waals surface area contributed by atoms with Gasteiger partial charge >= 0.3 is 0 Å². The maximum atomic E-state index is 12.7. The van der Waals surface area contributed by atoms with Crippen LogP contribution in [0.1, 0.15) is 34.3 Å². The molecule has 0 radical (unpaired) electrons. The highest BCUT2D eigenvalue weighted by Gasteiger charge is 2.28. The van der Waals surface area contributed by atoms with Crippen LogP contribution in [0.3, 0.4) is 0 Å². The van der Waals surface area contributed by atoms with Crippen molar-refractivity contribution in [2.75, 3.05) is 13.1 Å². The lowest BCUT2D eigenvalue weighted by Gasteiger charge is -2.34. The average Bonchev–Trinajstić information content (AvgIpc) is 2.64. The average molecular weight is 358 g/mol. The van der Waals surface area contributed by atoms with Gasteiger partial charge in [-0.15, -0.1) is 0 Å². The first-order chi connectivity index (χ1) is 12.0. The van der Waals surface area contributed by atoms with Gasteiger partial charge in [0.05, 0.1) is 6.10 Å². The highest BCUT2D eigenvalue weighted by Crippen LogP contribution is 2.25. The molecule has 4 heteroatoms. The fourth-order valence-electron chi connectivity index (χ4n) is 3.47. The van der Waals surface area contributed by atoms with Crippen molar-refractivity contribution in [3.63, 3.8) is 0 Å². The van der Waals surface area contributed by atoms with Gasteiger partial charge in [-0.3, -0.25) is 4.79 Å². The van der Waals surface area contributed by atoms with Crippen LogP contribution in [-0.2, 0) is 6.42 Å². The summed E-state index contributed by atoms with van der Waals surface area (Å²) >= 11 is 6.04. The van der Waals surface area contributed by atoms with Crippen molar-refractivity contribution >= 4 is 17.5 Å². The predicted molar refractivity (Wildman–Crippen MR) is 101 cm³/mol. The summed E-state index contributed by atoms with van der Waals surface area (Å²) in [5.74, 6) is 0.298. The maximum Gasteiger partial charge on any atom is 0.253 e. The third-order valence-electron chi connectivity index (χ3n) is 5.06. The van der Waals surface area contributed by atoms with Gasteiger partial charge in [0.2, 0.25) is 0 Å². The Balaban J connectivity index is 1.56. The summed E-state index contributed by atoms with van der Waals surface area (Å²) in [6, 6.07) is 15.5. The number of benzene rings is 2. The highest BCUT2D eigenvalue weighted by atomic mass is 35.5. The molecule has 0 aromatic heterocycles. The molecule has 1 heterocycles. The number of aryl methyl sites for hydroxylation is 1. The first-order valence-electron chi connectivity index (χ1n) is 8.82. The number of aliphatic hydroxyl groups excluding tert-OH is 1. The van der Waals surface area contributed by atoms with E-state index < -0.39 is 0 Å². The van der Waals surface area contributed by atoms with Crippen LogP contribution in [0.4, 0.5) is 0 Å². The van der Waals surface area contributed by atoms with Gasteiger partial charge in [0.1, 0.15) is 0 Å². The number of likely N-dealkylation sites (tertiary alicyclic amines) is 1. The Morgan fingerprint density at radius 3 is 2.52 bits per heavy atom. The summed E-state index contributed by atoms with van der Waals surface area (Å²) in [7, 11) is 0. The number of nitrogens with zero attached hydrogens (tertiary/aromatic N) is 1. The molecule has 0 saturated carbocycles. The molecule has 132 valence electrons. The van der Waals surface area contributed by atoms with Crippen LogP contribution in [0.2, 0.25) is 5.02 Å². The molecule has 2 aromatic rings. The number of aliphatic hydroxyl groups is 1. The van der Waals surface area contributed by atoms with E-state index in [2.05, 4.69) is 0 Å². The second-order valence-corrected chi connectivity index (χ2v) is 7.26. The Bertz CT molecular complexity index is 724. The predicted octanol–water partition coefficient (Wildman–Crippen LogP) is 4.10. The molecule has 1 atom stereocenters. The van der Waals surface area contributed by atoms with Crippen LogP contribution in [0.5, 0.6) is 0 Å². The van der Waals surface area contributed by atoms with E-state index in [9.17, 15) is 9.90 Å². The third kappa shape index (κ3) is 4.42. The minimum atomic E-state index is -0.350. The van der Waals surface area contributed by atoms with Crippen LogP contribution in [-0.4, -0.2) is 35.1 Å². The quantitative estimate of drug-likeness (QED) is 0.894. The SMILES string of the molecule is Cc1cc(C(=O)N2CCC([C@@H](O)Cc3ccccc3)CC2)ccc1Cl. The number of halogens is 1. The summed E-state index contributed by atoms with van der Waals surface area (Å²) in [6.07, 6.45) is 2.01. The number of hydrogen-bond donors (Lipinski definition) is 1. The van der Waals surface area contributed by atoms with E-state index in [1.807, 2.05) is 48.2 Å². The van der Waals surface area contributed by atoms with Gasteiger partial charge in [-0.05, 0) is 61.4 Å². The van der Waals surface area contributed by atoms with Gasteiger partial charge in [0.15, 0.2) is 0 Å². The summed E-state index contributed by atoms with van der Waals surface area (Å²) in [6.45, 7) is 3.29. The Morgan fingerprint density at radius 2 is 1.88 bits per heavy atom. The molecule has 1 fully saturated rings. The smallest absolute Gasteiger partial charge is 0.253 e. The number of piperidine rings is 1. The molecule has 1 N–H and O–H groups in total. The first kappa shape index (κ1) is 18.0. The van der Waals surface area contributed by atoms with Crippen molar-refractivity contribution in [2.45, 2.75) is 32.3 Å². The molecule has 2 aromatic carbocycles. The molecule has 0 spiro atoms. The number of amides is 1. The van der Waals surface area contributed by atoms with Gasteiger partial charge in [0.25, 0.3) is 5.91 Å². The normalized spacial score (nSPS) is 16.7. The van der Waals surface area contributed by atoms with Gasteiger partial charge in [0, 0.05) is 23.7 Å². The van der Waals surface area contributed by atoms with E-state index in [0.717, 1.165) is 24.0 Å². The van der Waals surface area contributed by atoms with Gasteiger partial charge in [-0.25, -0.2) is 0 Å². The molecule has 3 rings (SSSR count). The van der Waals surface area contributed by atoms with Gasteiger partial charge < -0.3 is 10.0 Å². The van der Waals surface area contributed by atoms with Crippen molar-refractivity contribution < 1.29 is 9.90 Å². The van der Waals surface area contributed by atoms with E-state index >= 15 is 0 Å². The summed E-state index contributed by atoms with van der Waals surface area (Å²) in [5, 5.41) is 11.2. The molecule has 0 bridgehead atoms. The van der Waals surface area contributed by atoms with Crippen molar-refractivity contribution in [1.82, 2.24) is 4.90 Å². The molecule has 3 nitrogen and oxygen atoms in total. The minimum Gasteiger partial charge on any atom is -0.392 e. The number of carbonyl (C=O) groups is 1. The second kappa shape index (κ2) is 8.03. The molecule has 1 aliphatic rings. The molecule has 1 aliphatic heterocycles. The maximum absolute atomic E-state index is 12.7. The Hall–Kier alpha value is -1.84. The molecule has 25 heavy (non-hydrogen) atoms. The van der Waals surface area contributed by atoms with E-state index in [0.29, 0.717) is 30.1 Å². The minimum absolute atomic E-state index is 0.0516. The van der Waals surface area contributed by atoms with Gasteiger partial charge in [-0.1, -0.05) is 41.9 Å². The standard InChI is InChI=1S/C21H24ClNO2/c1-15-13-18(7-8-19(15)22)21(25)23-11-9-17(10-12-23)20(24)14-16-5-3-2-4-6-16/h2-8,13,17,20,24H,9-12,14H2,1H3/t20-/m0/s1. The summed E-state index contributed by atoms with van der Waals surface area (Å²) < 4.78 is 0. The molecular weight excluding hydrogens is 334 g/mol. The molecule has 0 unspecified atom stereocenters. The van der Waals surface area contributed by atoms with Crippen LogP contribution >= 0.6 is 11.6 Å². The Kier molecular flexibility index (Phi) is 5.77. The van der Waals surface area contributed by atoms with Crippen molar-refractivity contribution in [2.24, 2.45) is 5.92 Å². The lowest BCUT2D eigenvalue weighted by Crippen LogP contribution is -2.41. The van der Waals surface area contributed by atoms with Crippen molar-refractivity contribution in [3.8, 4) is 0 Å². The fourth-order valence-corrected chi connectivity index (χ4v) is 3.59. The number of rotatable bonds is 4. The van der Waals surface area contributed by atoms with E-state index in [4.69, 9.17) is 11.6 Å². The number of carbonyl (C=O) groups excluding carboxylic acids is 1. The first-order valence-corrected chi connectivity index (χ1v) is 9.20. The van der Waals surface area contributed by atoms with Crippen LogP contribution in [0, 0.1) is 12.8 Å². The van der Waals surface area contributed by atoms with E-state index in [1.54, 1.807) is 12.1 Å². The zero-order chi connectivity index (χ0) is 17.8. The largest absolute Gasteiger partial charge is 0.392 e. The lowest BCUT2D eigenvalue weighted by molar-refractivity contribution is 0.0467. The molecule has 1 saturated heterocycles. The zero-order valence-electron chi connectivity index (χ0n) is 14.5. The van der Waals surface area contributed by atoms with Crippen LogP contribution in [0.25, 0.3) is 0 Å². The number of hydrogen-bond acceptors (Lipinski definition) is 2. The monoisotopic (exact) mass is 357 g/mol. The highest BCUT2D eigenvalue weighted by molar-refractivity contribution is 6.31. The topological polar surface area (TPSA) is 40.5 Å². The van der Waals surface area contributed by atoms with Crippen LogP contribution in [0.15, 0.2) is 48.5 Å². The Labute approximate surface area is 154 Å². The second-order valence-electron chi connectivity index (χ2n) is 6.85. The van der Waals surface area contributed by atoms with Crippen molar-refractivity contribution in [1.29, 1.82) is 0 Å². The van der Waals surface area contributed by atoms with Gasteiger partial charge in [-0.2, -0.15) is 0 Å². The molecule has 0 aliphatic carbocycles.